The Bertz CT molecular complexity index is 419. The van der Waals surface area contributed by atoms with Crippen LogP contribution in [0.4, 0.5) is 13.2 Å². The van der Waals surface area contributed by atoms with E-state index in [2.05, 4.69) is 15.1 Å². The Morgan fingerprint density at radius 1 is 1.11 bits per heavy atom. The third-order valence-corrected chi connectivity index (χ3v) is 3.22. The number of rotatable bonds is 5. The molecular formula is C11H17F3N4O. The zero-order chi connectivity index (χ0) is 13.9. The van der Waals surface area contributed by atoms with E-state index in [1.807, 2.05) is 0 Å². The van der Waals surface area contributed by atoms with E-state index in [1.165, 1.54) is 0 Å². The maximum absolute atomic E-state index is 12.6. The van der Waals surface area contributed by atoms with Crippen molar-refractivity contribution in [1.29, 1.82) is 0 Å². The quantitative estimate of drug-likeness (QED) is 0.824. The lowest BCUT2D eigenvalue weighted by molar-refractivity contribution is -0.148. The van der Waals surface area contributed by atoms with Gasteiger partial charge in [0.15, 0.2) is 0 Å². The normalized spacial score (nSPS) is 16.6. The van der Waals surface area contributed by atoms with Crippen molar-refractivity contribution in [2.75, 3.05) is 19.7 Å². The van der Waals surface area contributed by atoms with E-state index >= 15 is 0 Å². The molecule has 0 radical (unpaired) electrons. The number of fused-ring (bicyclic) bond motifs is 1. The van der Waals surface area contributed by atoms with Crippen molar-refractivity contribution in [3.8, 4) is 0 Å². The summed E-state index contributed by atoms with van der Waals surface area (Å²) in [5, 5.41) is 15.5. The van der Waals surface area contributed by atoms with Crippen molar-refractivity contribution in [2.45, 2.75) is 38.5 Å². The van der Waals surface area contributed by atoms with Crippen LogP contribution >= 0.6 is 0 Å². The number of hydrogen-bond donors (Lipinski definition) is 1. The predicted molar refractivity (Wildman–Crippen MR) is 61.2 cm³/mol. The van der Waals surface area contributed by atoms with Crippen LogP contribution in [-0.4, -0.2) is 44.5 Å². The molecule has 0 atom stereocenters. The van der Waals surface area contributed by atoms with Crippen molar-refractivity contribution in [3.63, 3.8) is 0 Å². The molecule has 1 aromatic heterocycles. The van der Waals surface area contributed by atoms with Gasteiger partial charge in [0.25, 0.3) is 0 Å². The number of unbranched alkanes of at least 4 members (excludes halogenated alkanes) is 2. The van der Waals surface area contributed by atoms with Crippen LogP contribution in [-0.2, 0) is 19.3 Å². The Hall–Kier alpha value is -1.15. The molecule has 1 N–H and O–H groups in total. The highest BCUT2D eigenvalue weighted by Gasteiger charge is 2.39. The summed E-state index contributed by atoms with van der Waals surface area (Å²) in [5.41, 5.74) is 0. The van der Waals surface area contributed by atoms with Crippen LogP contribution in [0, 0.1) is 0 Å². The van der Waals surface area contributed by atoms with E-state index < -0.39 is 12.0 Å². The molecule has 0 fully saturated rings. The fourth-order valence-corrected chi connectivity index (χ4v) is 2.23. The van der Waals surface area contributed by atoms with Gasteiger partial charge < -0.3 is 9.67 Å². The molecule has 0 spiro atoms. The molecule has 0 bridgehead atoms. The Morgan fingerprint density at radius 3 is 2.58 bits per heavy atom. The molecule has 0 saturated heterocycles. The first kappa shape index (κ1) is 14.3. The fourth-order valence-electron chi connectivity index (χ4n) is 2.23. The lowest BCUT2D eigenvalue weighted by Gasteiger charge is -2.27. The molecule has 0 aliphatic carbocycles. The molecule has 8 heteroatoms. The number of halogens is 3. The maximum atomic E-state index is 12.6. The van der Waals surface area contributed by atoms with Crippen molar-refractivity contribution < 1.29 is 18.3 Å². The van der Waals surface area contributed by atoms with Gasteiger partial charge >= 0.3 is 6.18 Å². The molecule has 1 aromatic rings. The Kier molecular flexibility index (Phi) is 4.41. The second-order valence-corrected chi connectivity index (χ2v) is 4.65. The third kappa shape index (κ3) is 3.44. The monoisotopic (exact) mass is 278 g/mol. The zero-order valence-electron chi connectivity index (χ0n) is 10.5. The highest BCUT2D eigenvalue weighted by Crippen LogP contribution is 2.29. The van der Waals surface area contributed by atoms with E-state index in [1.54, 1.807) is 0 Å². The van der Waals surface area contributed by atoms with Crippen LogP contribution < -0.4 is 0 Å². The van der Waals surface area contributed by atoms with Crippen molar-refractivity contribution >= 4 is 0 Å². The summed E-state index contributed by atoms with van der Waals surface area (Å²) in [5.74, 6) is -0.525. The summed E-state index contributed by atoms with van der Waals surface area (Å²) in [4.78, 5) is 2.07. The summed E-state index contributed by atoms with van der Waals surface area (Å²) in [6, 6.07) is 0. The van der Waals surface area contributed by atoms with Gasteiger partial charge in [-0.15, -0.1) is 10.2 Å². The highest BCUT2D eigenvalue weighted by atomic mass is 19.4. The van der Waals surface area contributed by atoms with Crippen LogP contribution in [0.5, 0.6) is 0 Å². The molecule has 2 heterocycles. The van der Waals surface area contributed by atoms with Gasteiger partial charge in [-0.3, -0.25) is 4.90 Å². The molecule has 0 unspecified atom stereocenters. The molecule has 0 saturated carbocycles. The first-order chi connectivity index (χ1) is 9.02. The summed E-state index contributed by atoms with van der Waals surface area (Å²) >= 11 is 0. The molecule has 0 amide bonds. The van der Waals surface area contributed by atoms with E-state index in [-0.39, 0.29) is 13.2 Å². The average molecular weight is 278 g/mol. The number of aliphatic hydroxyl groups is 1. The van der Waals surface area contributed by atoms with Crippen molar-refractivity contribution in [3.05, 3.63) is 11.6 Å². The van der Waals surface area contributed by atoms with Crippen molar-refractivity contribution in [1.82, 2.24) is 19.7 Å². The van der Waals surface area contributed by atoms with Crippen LogP contribution in [0.3, 0.4) is 0 Å². The Balaban J connectivity index is 1.92. The number of nitrogens with zero attached hydrogens (tertiary/aromatic N) is 4. The van der Waals surface area contributed by atoms with Gasteiger partial charge in [-0.1, -0.05) is 0 Å². The van der Waals surface area contributed by atoms with Gasteiger partial charge in [0, 0.05) is 19.7 Å². The minimum Gasteiger partial charge on any atom is -0.396 e. The third-order valence-electron chi connectivity index (χ3n) is 3.22. The minimum atomic E-state index is -4.44. The van der Waals surface area contributed by atoms with E-state index in [0.717, 1.165) is 30.4 Å². The molecule has 1 aliphatic rings. The van der Waals surface area contributed by atoms with Crippen molar-refractivity contribution in [2.24, 2.45) is 0 Å². The second-order valence-electron chi connectivity index (χ2n) is 4.65. The summed E-state index contributed by atoms with van der Waals surface area (Å²) in [6.45, 7) is 2.25. The first-order valence-electron chi connectivity index (χ1n) is 6.35. The lowest BCUT2D eigenvalue weighted by atomic mass is 10.2. The van der Waals surface area contributed by atoms with Gasteiger partial charge in [0.1, 0.15) is 5.82 Å². The first-order valence-corrected chi connectivity index (χ1v) is 6.35. The predicted octanol–water partition coefficient (Wildman–Crippen LogP) is 1.28. The molecule has 2 rings (SSSR count). The number of alkyl halides is 3. The van der Waals surface area contributed by atoms with E-state index in [4.69, 9.17) is 5.11 Å². The fraction of sp³-hybridized carbons (Fsp3) is 0.818. The van der Waals surface area contributed by atoms with Crippen LogP contribution in [0.25, 0.3) is 0 Å². The number of aliphatic hydroxyl groups excluding tert-OH is 1. The SMILES string of the molecule is OCCCCCN1CCn2c(nnc2C(F)(F)F)C1. The van der Waals surface area contributed by atoms with E-state index in [9.17, 15) is 13.2 Å². The van der Waals surface area contributed by atoms with Crippen LogP contribution in [0.1, 0.15) is 30.9 Å². The second kappa shape index (κ2) is 5.87. The summed E-state index contributed by atoms with van der Waals surface area (Å²) in [6.07, 6.45) is -1.81. The Morgan fingerprint density at radius 2 is 1.89 bits per heavy atom. The summed E-state index contributed by atoms with van der Waals surface area (Å²) in [7, 11) is 0. The largest absolute Gasteiger partial charge is 0.451 e. The van der Waals surface area contributed by atoms with Gasteiger partial charge in [-0.2, -0.15) is 13.2 Å². The van der Waals surface area contributed by atoms with Gasteiger partial charge in [-0.05, 0) is 25.8 Å². The molecule has 108 valence electrons. The average Bonchev–Trinajstić information content (AvgIpc) is 2.77. The smallest absolute Gasteiger partial charge is 0.396 e. The van der Waals surface area contributed by atoms with E-state index in [0.29, 0.717) is 18.9 Å². The molecular weight excluding hydrogens is 261 g/mol. The lowest BCUT2D eigenvalue weighted by Crippen LogP contribution is -2.35. The standard InChI is InChI=1S/C11H17F3N4O/c12-11(13,14)10-16-15-9-8-17(5-6-18(9)10)4-2-1-3-7-19/h19H,1-8H2. The summed E-state index contributed by atoms with van der Waals surface area (Å²) < 4.78 is 39.1. The minimum absolute atomic E-state index is 0.184. The maximum Gasteiger partial charge on any atom is 0.451 e. The van der Waals surface area contributed by atoms with Crippen LogP contribution in [0.2, 0.25) is 0 Å². The molecule has 5 nitrogen and oxygen atoms in total. The molecule has 1 aliphatic heterocycles. The topological polar surface area (TPSA) is 54.2 Å². The number of hydrogen-bond acceptors (Lipinski definition) is 4. The molecule has 0 aromatic carbocycles. The van der Waals surface area contributed by atoms with Gasteiger partial charge in [0.05, 0.1) is 6.54 Å². The Labute approximate surface area is 109 Å². The van der Waals surface area contributed by atoms with Gasteiger partial charge in [0.2, 0.25) is 5.82 Å². The number of aromatic nitrogens is 3. The van der Waals surface area contributed by atoms with Gasteiger partial charge in [-0.25, -0.2) is 0 Å². The van der Waals surface area contributed by atoms with Crippen LogP contribution in [0.15, 0.2) is 0 Å². The zero-order valence-corrected chi connectivity index (χ0v) is 10.5. The molecule has 19 heavy (non-hydrogen) atoms. The highest BCUT2D eigenvalue weighted by molar-refractivity contribution is 5.02.